The minimum atomic E-state index is -0.389. The van der Waals surface area contributed by atoms with Crippen molar-refractivity contribution in [3.05, 3.63) is 137 Å². The maximum absolute atomic E-state index is 13.4. The molecule has 0 saturated carbocycles. The molecule has 0 spiro atoms. The van der Waals surface area contributed by atoms with Gasteiger partial charge >= 0.3 is 0 Å². The summed E-state index contributed by atoms with van der Waals surface area (Å²) in [4.78, 5) is 31.4. The van der Waals surface area contributed by atoms with Crippen molar-refractivity contribution in [2.45, 2.75) is 27.1 Å². The van der Waals surface area contributed by atoms with E-state index < -0.39 is 0 Å². The molecule has 1 aliphatic heterocycles. The normalized spacial score (nSPS) is 13.9. The van der Waals surface area contributed by atoms with Crippen LogP contribution >= 0.6 is 0 Å². The number of nitrogens with zero attached hydrogens (tertiary/aromatic N) is 5. The van der Waals surface area contributed by atoms with Crippen molar-refractivity contribution in [3.8, 4) is 11.5 Å². The summed E-state index contributed by atoms with van der Waals surface area (Å²) in [5, 5.41) is 23.0. The first kappa shape index (κ1) is 31.7. The Hall–Kier alpha value is -6.23. The van der Waals surface area contributed by atoms with Crippen molar-refractivity contribution < 1.29 is 19.1 Å². The van der Waals surface area contributed by atoms with Crippen molar-refractivity contribution in [1.29, 1.82) is 0 Å². The third-order valence-electron chi connectivity index (χ3n) is 7.36. The fraction of sp³-hybridized carbons (Fsp3) is 0.162. The third-order valence-corrected chi connectivity index (χ3v) is 7.36. The van der Waals surface area contributed by atoms with E-state index in [0.29, 0.717) is 45.6 Å². The van der Waals surface area contributed by atoms with Gasteiger partial charge in [0, 0.05) is 13.1 Å². The second kappa shape index (κ2) is 14.9. The number of ether oxygens (including phenoxy) is 2. The van der Waals surface area contributed by atoms with Crippen LogP contribution in [0.5, 0.6) is 11.5 Å². The molecule has 2 heterocycles. The van der Waals surface area contributed by atoms with E-state index in [9.17, 15) is 9.59 Å². The number of aromatic nitrogens is 1. The van der Waals surface area contributed by atoms with Gasteiger partial charge in [-0.25, -0.2) is 0 Å². The van der Waals surface area contributed by atoms with Gasteiger partial charge in [-0.1, -0.05) is 41.5 Å². The zero-order chi connectivity index (χ0) is 33.3. The van der Waals surface area contributed by atoms with E-state index in [4.69, 9.17) is 9.47 Å². The molecule has 48 heavy (non-hydrogen) atoms. The Morgan fingerprint density at radius 3 is 1.38 bits per heavy atom. The summed E-state index contributed by atoms with van der Waals surface area (Å²) in [5.74, 6) is -0.0583. The lowest BCUT2D eigenvalue weighted by Crippen LogP contribution is -2.35. The number of rotatable bonds is 4. The molecule has 0 fully saturated rings. The molecule has 1 aliphatic rings. The number of fused-ring (bicyclic) bond motifs is 4. The van der Waals surface area contributed by atoms with Crippen LogP contribution in [0.25, 0.3) is 0 Å². The molecule has 2 N–H and O–H groups in total. The maximum atomic E-state index is 13.4. The van der Waals surface area contributed by atoms with Gasteiger partial charge in [-0.15, -0.1) is 0 Å². The predicted molar refractivity (Wildman–Crippen MR) is 181 cm³/mol. The van der Waals surface area contributed by atoms with E-state index in [1.165, 1.54) is 0 Å². The van der Waals surface area contributed by atoms with Gasteiger partial charge in [-0.3, -0.25) is 14.6 Å². The molecule has 1 aromatic heterocycles. The minimum Gasteiger partial charge on any atom is -0.486 e. The van der Waals surface area contributed by atoms with Crippen molar-refractivity contribution >= 4 is 34.6 Å². The molecule has 0 unspecified atom stereocenters. The Kier molecular flexibility index (Phi) is 9.86. The van der Waals surface area contributed by atoms with E-state index >= 15 is 0 Å². The lowest BCUT2D eigenvalue weighted by atomic mass is 10.1. The standard InChI is InChI=1S/C37H33N7O4/c1-24-6-10-26(11-7-24)41-43-28-14-16-34-32(20-28)36(45)38-18-19-39-37(46)33-21-29(44-42-27-12-8-25(2)9-13-27)15-17-35(33)48-23-31-5-3-4-30(40-31)22-47-34/h3-17,20-21H,18-19,22-23H2,1-2H3,(H,38,45)(H,39,46). The van der Waals surface area contributed by atoms with Crippen LogP contribution in [-0.4, -0.2) is 29.9 Å². The van der Waals surface area contributed by atoms with Gasteiger partial charge in [0.15, 0.2) is 0 Å². The van der Waals surface area contributed by atoms with Crippen LogP contribution in [0.2, 0.25) is 0 Å². The van der Waals surface area contributed by atoms with Crippen LogP contribution in [0.1, 0.15) is 43.2 Å². The van der Waals surface area contributed by atoms with E-state index in [0.717, 1.165) is 11.1 Å². The summed E-state index contributed by atoms with van der Waals surface area (Å²) in [7, 11) is 0. The fourth-order valence-corrected chi connectivity index (χ4v) is 4.76. The number of hydrogen-bond acceptors (Lipinski definition) is 9. The zero-order valence-corrected chi connectivity index (χ0v) is 26.5. The Bertz CT molecular complexity index is 1850. The van der Waals surface area contributed by atoms with E-state index in [1.54, 1.807) is 36.4 Å². The molecule has 0 saturated heterocycles. The van der Waals surface area contributed by atoms with Gasteiger partial charge in [0.1, 0.15) is 24.7 Å². The van der Waals surface area contributed by atoms with Gasteiger partial charge in [-0.2, -0.15) is 20.5 Å². The highest BCUT2D eigenvalue weighted by Gasteiger charge is 2.17. The Morgan fingerprint density at radius 2 is 0.938 bits per heavy atom. The number of nitrogens with one attached hydrogen (secondary N) is 2. The number of azo groups is 2. The molecule has 0 atom stereocenters. The highest BCUT2D eigenvalue weighted by Crippen LogP contribution is 2.29. The lowest BCUT2D eigenvalue weighted by Gasteiger charge is -2.13. The van der Waals surface area contributed by atoms with Gasteiger partial charge in [0.25, 0.3) is 11.8 Å². The first-order valence-corrected chi connectivity index (χ1v) is 15.4. The maximum Gasteiger partial charge on any atom is 0.255 e. The molecule has 5 aromatic rings. The van der Waals surface area contributed by atoms with Gasteiger partial charge in [-0.05, 0) is 86.6 Å². The summed E-state index contributed by atoms with van der Waals surface area (Å²) in [6.07, 6.45) is 0. The number of hydrogen-bond donors (Lipinski definition) is 2. The van der Waals surface area contributed by atoms with Crippen LogP contribution in [0.3, 0.4) is 0 Å². The summed E-state index contributed by atoms with van der Waals surface area (Å²) in [6, 6.07) is 30.9. The van der Waals surface area contributed by atoms with Crippen LogP contribution < -0.4 is 20.1 Å². The van der Waals surface area contributed by atoms with E-state index in [2.05, 4.69) is 36.1 Å². The third kappa shape index (κ3) is 8.32. The van der Waals surface area contributed by atoms with E-state index in [-0.39, 0.29) is 49.2 Å². The van der Waals surface area contributed by atoms with Crippen molar-refractivity contribution in [1.82, 2.24) is 15.6 Å². The number of carbonyl (C=O) groups is 2. The summed E-state index contributed by atoms with van der Waals surface area (Å²) in [6.45, 7) is 4.54. The molecular formula is C37H33N7O4. The summed E-state index contributed by atoms with van der Waals surface area (Å²) < 4.78 is 12.2. The van der Waals surface area contributed by atoms with Crippen molar-refractivity contribution in [3.63, 3.8) is 0 Å². The zero-order valence-electron chi connectivity index (χ0n) is 26.5. The number of amides is 2. The molecule has 11 nitrogen and oxygen atoms in total. The first-order chi connectivity index (χ1) is 23.4. The quantitative estimate of drug-likeness (QED) is 0.191. The molecule has 4 aromatic carbocycles. The smallest absolute Gasteiger partial charge is 0.255 e. The van der Waals surface area contributed by atoms with Gasteiger partial charge in [0.05, 0.1) is 45.3 Å². The first-order valence-electron chi connectivity index (χ1n) is 15.4. The van der Waals surface area contributed by atoms with Crippen LogP contribution in [-0.2, 0) is 13.2 Å². The second-order valence-corrected chi connectivity index (χ2v) is 11.1. The number of aryl methyl sites for hydroxylation is 2. The SMILES string of the molecule is Cc1ccc(N=Nc2ccc3c(c2)C(=O)NCCNC(=O)c2cc(N=Nc4ccc(C)cc4)ccc2OCc2cccc(n2)CO3)cc1. The largest absolute Gasteiger partial charge is 0.486 e. The topological polar surface area (TPSA) is 139 Å². The Labute approximate surface area is 277 Å². The number of carbonyl (C=O) groups excluding carboxylic acids is 2. The molecule has 0 radical (unpaired) electrons. The Morgan fingerprint density at radius 1 is 0.542 bits per heavy atom. The van der Waals surface area contributed by atoms with Gasteiger partial charge < -0.3 is 20.1 Å². The summed E-state index contributed by atoms with van der Waals surface area (Å²) >= 11 is 0. The average molecular weight is 640 g/mol. The van der Waals surface area contributed by atoms with Gasteiger partial charge in [0.2, 0.25) is 0 Å². The molecule has 2 bridgehead atoms. The minimum absolute atomic E-state index is 0.115. The molecule has 11 heteroatoms. The molecule has 6 rings (SSSR count). The van der Waals surface area contributed by atoms with Crippen molar-refractivity contribution in [2.75, 3.05) is 13.1 Å². The number of pyridine rings is 1. The predicted octanol–water partition coefficient (Wildman–Crippen LogP) is 8.16. The molecule has 240 valence electrons. The lowest BCUT2D eigenvalue weighted by molar-refractivity contribution is 0.0923. The second-order valence-electron chi connectivity index (χ2n) is 11.1. The molecule has 0 aliphatic carbocycles. The van der Waals surface area contributed by atoms with Crippen molar-refractivity contribution in [2.24, 2.45) is 20.5 Å². The van der Waals surface area contributed by atoms with Crippen LogP contribution in [0.4, 0.5) is 22.7 Å². The number of benzene rings is 4. The van der Waals surface area contributed by atoms with Crippen LogP contribution in [0.15, 0.2) is 124 Å². The Balaban J connectivity index is 1.24. The highest BCUT2D eigenvalue weighted by atomic mass is 16.5. The monoisotopic (exact) mass is 639 g/mol. The fourth-order valence-electron chi connectivity index (χ4n) is 4.76. The summed E-state index contributed by atoms with van der Waals surface area (Å²) in [5.41, 5.74) is 6.42. The average Bonchev–Trinajstić information content (AvgIpc) is 3.11. The highest BCUT2D eigenvalue weighted by molar-refractivity contribution is 5.99. The molecule has 2 amide bonds. The van der Waals surface area contributed by atoms with E-state index in [1.807, 2.05) is 80.6 Å². The van der Waals surface area contributed by atoms with Crippen LogP contribution in [0, 0.1) is 13.8 Å². The molecular weight excluding hydrogens is 606 g/mol.